The molecular formula is C12H23N3S2. The van der Waals surface area contributed by atoms with Crippen LogP contribution in [0.4, 0.5) is 0 Å². The summed E-state index contributed by atoms with van der Waals surface area (Å²) in [6.45, 7) is 11.8. The Hall–Kier alpha value is -0.100. The van der Waals surface area contributed by atoms with E-state index >= 15 is 0 Å². The van der Waals surface area contributed by atoms with Crippen LogP contribution in [0.1, 0.15) is 6.92 Å². The molecule has 1 aliphatic rings. The van der Waals surface area contributed by atoms with Crippen molar-refractivity contribution in [3.05, 3.63) is 21.9 Å². The van der Waals surface area contributed by atoms with Gasteiger partial charge in [0, 0.05) is 44.7 Å². The molecule has 0 aromatic heterocycles. The fourth-order valence-electron chi connectivity index (χ4n) is 1.63. The largest absolute Gasteiger partial charge is 0.403 e. The fraction of sp³-hybridized carbons (Fsp3) is 0.667. The van der Waals surface area contributed by atoms with Gasteiger partial charge in [0.1, 0.15) is 0 Å². The Kier molecular flexibility index (Phi) is 7.11. The van der Waals surface area contributed by atoms with Crippen LogP contribution >= 0.6 is 23.5 Å². The molecule has 0 saturated carbocycles. The number of thioether (sulfide) groups is 2. The van der Waals surface area contributed by atoms with Gasteiger partial charge in [0.2, 0.25) is 0 Å². The average Bonchev–Trinajstić information content (AvgIpc) is 2.30. The minimum Gasteiger partial charge on any atom is -0.403 e. The second-order valence-electron chi connectivity index (χ2n) is 4.28. The van der Waals surface area contributed by atoms with Gasteiger partial charge in [0.25, 0.3) is 0 Å². The summed E-state index contributed by atoms with van der Waals surface area (Å²) in [6, 6.07) is 0. The molecule has 98 valence electrons. The van der Waals surface area contributed by atoms with E-state index in [1.165, 1.54) is 26.2 Å². The molecule has 0 atom stereocenters. The van der Waals surface area contributed by atoms with Crippen LogP contribution in [-0.2, 0) is 0 Å². The zero-order valence-electron chi connectivity index (χ0n) is 10.8. The predicted molar refractivity (Wildman–Crippen MR) is 81.1 cm³/mol. The van der Waals surface area contributed by atoms with E-state index in [2.05, 4.69) is 23.4 Å². The van der Waals surface area contributed by atoms with Gasteiger partial charge in [0.05, 0.1) is 4.24 Å². The van der Waals surface area contributed by atoms with Crippen molar-refractivity contribution in [2.45, 2.75) is 6.92 Å². The lowest BCUT2D eigenvalue weighted by Gasteiger charge is -2.32. The highest BCUT2D eigenvalue weighted by atomic mass is 32.2. The SMILES string of the molecule is C=C(C)S/C(=C\N)SCCN1CCN(C)CC1. The Morgan fingerprint density at radius 1 is 1.35 bits per heavy atom. The summed E-state index contributed by atoms with van der Waals surface area (Å²) in [5.74, 6) is 1.10. The van der Waals surface area contributed by atoms with Gasteiger partial charge in [-0.25, -0.2) is 0 Å². The van der Waals surface area contributed by atoms with Crippen molar-refractivity contribution in [1.29, 1.82) is 0 Å². The van der Waals surface area contributed by atoms with E-state index in [1.54, 1.807) is 18.0 Å². The number of nitrogens with two attached hydrogens (primary N) is 1. The number of hydrogen-bond acceptors (Lipinski definition) is 5. The quantitative estimate of drug-likeness (QED) is 0.800. The molecule has 1 saturated heterocycles. The molecule has 0 spiro atoms. The molecule has 0 amide bonds. The second kappa shape index (κ2) is 8.08. The van der Waals surface area contributed by atoms with Gasteiger partial charge in [0.15, 0.2) is 0 Å². The fourth-order valence-corrected chi connectivity index (χ4v) is 3.60. The van der Waals surface area contributed by atoms with E-state index < -0.39 is 0 Å². The van der Waals surface area contributed by atoms with E-state index in [4.69, 9.17) is 5.73 Å². The molecule has 0 bridgehead atoms. The lowest BCUT2D eigenvalue weighted by molar-refractivity contribution is 0.161. The third kappa shape index (κ3) is 6.41. The Bertz CT molecular complexity index is 271. The number of allylic oxidation sites excluding steroid dienone is 1. The Balaban J connectivity index is 2.16. The molecule has 5 heteroatoms. The lowest BCUT2D eigenvalue weighted by atomic mass is 10.3. The lowest BCUT2D eigenvalue weighted by Crippen LogP contribution is -2.45. The highest BCUT2D eigenvalue weighted by Gasteiger charge is 2.13. The van der Waals surface area contributed by atoms with E-state index in [0.29, 0.717) is 0 Å². The van der Waals surface area contributed by atoms with Crippen LogP contribution < -0.4 is 5.73 Å². The number of likely N-dealkylation sites (N-methyl/N-ethyl adjacent to an activating group) is 1. The highest BCUT2D eigenvalue weighted by molar-refractivity contribution is 8.23. The normalized spacial score (nSPS) is 19.5. The first-order chi connectivity index (χ1) is 8.11. The first-order valence-corrected chi connectivity index (χ1v) is 7.71. The molecule has 0 aromatic carbocycles. The third-order valence-electron chi connectivity index (χ3n) is 2.66. The van der Waals surface area contributed by atoms with Crippen LogP contribution in [0.5, 0.6) is 0 Å². The smallest absolute Gasteiger partial charge is 0.0602 e. The van der Waals surface area contributed by atoms with Crippen molar-refractivity contribution in [2.24, 2.45) is 5.73 Å². The summed E-state index contributed by atoms with van der Waals surface area (Å²) in [4.78, 5) is 5.99. The van der Waals surface area contributed by atoms with Gasteiger partial charge in [-0.15, -0.1) is 11.8 Å². The van der Waals surface area contributed by atoms with Crippen LogP contribution in [0.3, 0.4) is 0 Å². The highest BCUT2D eigenvalue weighted by Crippen LogP contribution is 2.32. The van der Waals surface area contributed by atoms with Gasteiger partial charge >= 0.3 is 0 Å². The zero-order valence-corrected chi connectivity index (χ0v) is 12.4. The van der Waals surface area contributed by atoms with Gasteiger partial charge in [-0.3, -0.25) is 4.90 Å². The number of nitrogens with zero attached hydrogens (tertiary/aromatic N) is 2. The minimum absolute atomic E-state index is 1.09. The van der Waals surface area contributed by atoms with Gasteiger partial charge in [-0.05, 0) is 18.9 Å². The summed E-state index contributed by atoms with van der Waals surface area (Å²) in [5, 5.41) is 0. The standard InChI is InChI=1S/C12H23N3S2/c1-11(2)17-12(10-13)16-9-8-15-6-4-14(3)5-7-15/h10H,1,4-9,13H2,2-3H3/b12-10-. The number of piperazine rings is 1. The summed E-state index contributed by atoms with van der Waals surface area (Å²) >= 11 is 3.49. The molecule has 0 aliphatic carbocycles. The molecule has 1 rings (SSSR count). The molecule has 1 heterocycles. The van der Waals surface area contributed by atoms with E-state index in [-0.39, 0.29) is 0 Å². The van der Waals surface area contributed by atoms with Crippen molar-refractivity contribution < 1.29 is 0 Å². The summed E-state index contributed by atoms with van der Waals surface area (Å²) < 4.78 is 1.16. The Labute approximate surface area is 113 Å². The molecule has 17 heavy (non-hydrogen) atoms. The van der Waals surface area contributed by atoms with Gasteiger partial charge in [-0.2, -0.15) is 0 Å². The first-order valence-electron chi connectivity index (χ1n) is 5.90. The van der Waals surface area contributed by atoms with Crippen LogP contribution in [0.25, 0.3) is 0 Å². The molecule has 3 nitrogen and oxygen atoms in total. The monoisotopic (exact) mass is 273 g/mol. The Morgan fingerprint density at radius 2 is 2.00 bits per heavy atom. The molecule has 2 N–H and O–H groups in total. The van der Waals surface area contributed by atoms with Gasteiger partial charge < -0.3 is 10.6 Å². The van der Waals surface area contributed by atoms with E-state index in [1.807, 2.05) is 18.7 Å². The van der Waals surface area contributed by atoms with Crippen LogP contribution in [0.2, 0.25) is 0 Å². The maximum atomic E-state index is 5.59. The van der Waals surface area contributed by atoms with Crippen LogP contribution in [0, 0.1) is 0 Å². The molecule has 1 aliphatic heterocycles. The van der Waals surface area contributed by atoms with Crippen molar-refractivity contribution in [3.8, 4) is 0 Å². The summed E-state index contributed by atoms with van der Waals surface area (Å²) in [5.41, 5.74) is 5.59. The van der Waals surface area contributed by atoms with Crippen molar-refractivity contribution in [1.82, 2.24) is 9.80 Å². The molecule has 0 radical (unpaired) electrons. The third-order valence-corrected chi connectivity index (χ3v) is 4.76. The predicted octanol–water partition coefficient (Wildman–Crippen LogP) is 1.99. The second-order valence-corrected chi connectivity index (χ2v) is 7.02. The first kappa shape index (κ1) is 15.0. The molecule has 1 fully saturated rings. The molecule has 0 unspecified atom stereocenters. The van der Waals surface area contributed by atoms with Crippen molar-refractivity contribution in [2.75, 3.05) is 45.5 Å². The topological polar surface area (TPSA) is 32.5 Å². The zero-order chi connectivity index (χ0) is 12.7. The summed E-state index contributed by atoms with van der Waals surface area (Å²) in [6.07, 6.45) is 1.69. The minimum atomic E-state index is 1.09. The molecule has 0 aromatic rings. The number of rotatable bonds is 6. The van der Waals surface area contributed by atoms with Gasteiger partial charge in [-0.1, -0.05) is 18.3 Å². The van der Waals surface area contributed by atoms with Crippen LogP contribution in [0.15, 0.2) is 21.9 Å². The number of hydrogen-bond donors (Lipinski definition) is 1. The molecular weight excluding hydrogens is 250 g/mol. The van der Waals surface area contributed by atoms with Crippen LogP contribution in [-0.4, -0.2) is 55.3 Å². The average molecular weight is 273 g/mol. The maximum absolute atomic E-state index is 5.59. The Morgan fingerprint density at radius 3 is 2.53 bits per heavy atom. The van der Waals surface area contributed by atoms with Crippen molar-refractivity contribution >= 4 is 23.5 Å². The van der Waals surface area contributed by atoms with Crippen molar-refractivity contribution in [3.63, 3.8) is 0 Å². The van der Waals surface area contributed by atoms with E-state index in [0.717, 1.165) is 21.4 Å². The maximum Gasteiger partial charge on any atom is 0.0602 e. The summed E-state index contributed by atoms with van der Waals surface area (Å²) in [7, 11) is 2.19. The van der Waals surface area contributed by atoms with E-state index in [9.17, 15) is 0 Å².